The lowest BCUT2D eigenvalue weighted by Gasteiger charge is -2.35. The Labute approximate surface area is 162 Å². The fraction of sp³-hybridized carbons (Fsp3) is 0.409. The van der Waals surface area contributed by atoms with Crippen LogP contribution in [0.1, 0.15) is 50.3 Å². The highest BCUT2D eigenvalue weighted by Gasteiger charge is 2.42. The number of anilines is 1. The molecule has 0 radical (unpaired) electrons. The topological polar surface area (TPSA) is 46.1 Å². The highest BCUT2D eigenvalue weighted by molar-refractivity contribution is 7.17. The summed E-state index contributed by atoms with van der Waals surface area (Å²) in [5.74, 6) is 3.04. The van der Waals surface area contributed by atoms with Gasteiger partial charge in [0, 0.05) is 41.8 Å². The second kappa shape index (κ2) is 5.86. The van der Waals surface area contributed by atoms with Crippen molar-refractivity contribution in [2.45, 2.75) is 56.5 Å². The molecule has 1 saturated carbocycles. The van der Waals surface area contributed by atoms with Gasteiger partial charge in [-0.3, -0.25) is 4.79 Å². The van der Waals surface area contributed by atoms with E-state index in [2.05, 4.69) is 40.6 Å². The maximum Gasteiger partial charge on any atom is 0.142 e. The molecular weight excluding hydrogens is 354 g/mol. The van der Waals surface area contributed by atoms with Gasteiger partial charge in [0.05, 0.1) is 5.39 Å². The molecule has 0 amide bonds. The van der Waals surface area contributed by atoms with E-state index in [1.54, 1.807) is 11.3 Å². The zero-order chi connectivity index (χ0) is 18.0. The van der Waals surface area contributed by atoms with Crippen molar-refractivity contribution in [3.8, 4) is 11.1 Å². The molecule has 0 spiro atoms. The largest absolute Gasteiger partial charge is 0.349 e. The minimum absolute atomic E-state index is 0.310. The summed E-state index contributed by atoms with van der Waals surface area (Å²) in [5, 5.41) is 3.41. The van der Waals surface area contributed by atoms with E-state index in [0.29, 0.717) is 36.6 Å². The van der Waals surface area contributed by atoms with Gasteiger partial charge in [0.15, 0.2) is 0 Å². The molecular formula is C22H21N3OS. The third-order valence-corrected chi connectivity index (χ3v) is 7.12. The third-order valence-electron chi connectivity index (χ3n) is 6.25. The van der Waals surface area contributed by atoms with E-state index in [9.17, 15) is 4.79 Å². The number of carbonyl (C=O) groups excluding carboxylic acids is 1. The first-order valence-corrected chi connectivity index (χ1v) is 10.8. The van der Waals surface area contributed by atoms with E-state index in [4.69, 9.17) is 9.97 Å². The standard InChI is InChI=1S/C22H21N3OS/c26-17-10-15-8-9-16(11-17)25(15)21-19-18(13-4-2-1-3-5-13)12-27-22(19)24-20(23-21)14-6-7-14/h1-5,12,14-16H,6-11H2. The van der Waals surface area contributed by atoms with Crippen LogP contribution in [0.15, 0.2) is 35.7 Å². The van der Waals surface area contributed by atoms with Crippen molar-refractivity contribution < 1.29 is 4.79 Å². The van der Waals surface area contributed by atoms with Gasteiger partial charge in [0.25, 0.3) is 0 Å². The number of hydrogen-bond donors (Lipinski definition) is 0. The van der Waals surface area contributed by atoms with Crippen LogP contribution in [0.25, 0.3) is 21.3 Å². The summed E-state index contributed by atoms with van der Waals surface area (Å²) in [6.45, 7) is 0. The number of aromatic nitrogens is 2. The summed E-state index contributed by atoms with van der Waals surface area (Å²) in [5.41, 5.74) is 2.44. The van der Waals surface area contributed by atoms with Gasteiger partial charge in [0.1, 0.15) is 22.3 Å². The zero-order valence-electron chi connectivity index (χ0n) is 15.1. The predicted molar refractivity (Wildman–Crippen MR) is 108 cm³/mol. The van der Waals surface area contributed by atoms with Crippen LogP contribution in [0, 0.1) is 0 Å². The van der Waals surface area contributed by atoms with E-state index in [0.717, 1.165) is 29.3 Å². The van der Waals surface area contributed by atoms with Gasteiger partial charge in [0.2, 0.25) is 0 Å². The maximum absolute atomic E-state index is 12.1. The van der Waals surface area contributed by atoms with Crippen LogP contribution < -0.4 is 4.90 Å². The number of fused-ring (bicyclic) bond motifs is 3. The van der Waals surface area contributed by atoms with Crippen molar-refractivity contribution in [2.24, 2.45) is 0 Å². The summed E-state index contributed by atoms with van der Waals surface area (Å²) in [4.78, 5) is 25.8. The number of nitrogens with zero attached hydrogens (tertiary/aromatic N) is 3. The Hall–Kier alpha value is -2.27. The SMILES string of the molecule is O=C1CC2CCC(C1)N2c1nc(C2CC2)nc2scc(-c3ccccc3)c12. The Morgan fingerprint density at radius 2 is 1.70 bits per heavy atom. The number of Topliss-reactive ketones (excluding diaryl/α,β-unsaturated/α-hetero) is 1. The molecule has 4 heterocycles. The fourth-order valence-electron chi connectivity index (χ4n) is 4.80. The Bertz CT molecular complexity index is 1020. The second-order valence-electron chi connectivity index (χ2n) is 8.11. The molecule has 2 aliphatic heterocycles. The van der Waals surface area contributed by atoms with Crippen molar-refractivity contribution in [1.29, 1.82) is 0 Å². The van der Waals surface area contributed by atoms with Gasteiger partial charge in [-0.2, -0.15) is 0 Å². The molecule has 27 heavy (non-hydrogen) atoms. The van der Waals surface area contributed by atoms with Gasteiger partial charge in [-0.15, -0.1) is 11.3 Å². The number of carbonyl (C=O) groups is 1. The monoisotopic (exact) mass is 375 g/mol. The number of piperidine rings is 1. The highest BCUT2D eigenvalue weighted by Crippen LogP contribution is 2.46. The minimum atomic E-state index is 0.310. The average Bonchev–Trinajstić information content (AvgIpc) is 3.39. The molecule has 3 aromatic rings. The van der Waals surface area contributed by atoms with Crippen molar-refractivity contribution >= 4 is 33.2 Å². The quantitative estimate of drug-likeness (QED) is 0.651. The summed E-state index contributed by atoms with van der Waals surface area (Å²) in [6.07, 6.45) is 5.95. The molecule has 5 heteroatoms. The van der Waals surface area contributed by atoms with Crippen LogP contribution in [0.4, 0.5) is 5.82 Å². The molecule has 3 aliphatic rings. The van der Waals surface area contributed by atoms with Gasteiger partial charge in [-0.25, -0.2) is 9.97 Å². The van der Waals surface area contributed by atoms with Crippen LogP contribution >= 0.6 is 11.3 Å². The molecule has 2 unspecified atom stereocenters. The second-order valence-corrected chi connectivity index (χ2v) is 8.97. The number of rotatable bonds is 3. The normalized spacial score (nSPS) is 24.7. The van der Waals surface area contributed by atoms with Crippen molar-refractivity contribution in [2.75, 3.05) is 4.90 Å². The number of thiophene rings is 1. The third kappa shape index (κ3) is 2.52. The van der Waals surface area contributed by atoms with Crippen molar-refractivity contribution in [3.63, 3.8) is 0 Å². The molecule has 6 rings (SSSR count). The average molecular weight is 375 g/mol. The summed E-state index contributed by atoms with van der Waals surface area (Å²) >= 11 is 1.72. The molecule has 2 atom stereocenters. The summed E-state index contributed by atoms with van der Waals surface area (Å²) in [6, 6.07) is 11.2. The van der Waals surface area contributed by atoms with Crippen LogP contribution in [0.2, 0.25) is 0 Å². The number of hydrogen-bond acceptors (Lipinski definition) is 5. The fourth-order valence-corrected chi connectivity index (χ4v) is 5.75. The van der Waals surface area contributed by atoms with Crippen LogP contribution in [-0.2, 0) is 4.79 Å². The Morgan fingerprint density at radius 1 is 0.963 bits per heavy atom. The van der Waals surface area contributed by atoms with E-state index in [1.165, 1.54) is 29.4 Å². The van der Waals surface area contributed by atoms with Gasteiger partial charge >= 0.3 is 0 Å². The van der Waals surface area contributed by atoms with Crippen molar-refractivity contribution in [3.05, 3.63) is 41.5 Å². The lowest BCUT2D eigenvalue weighted by molar-refractivity contribution is -0.120. The smallest absolute Gasteiger partial charge is 0.142 e. The number of benzene rings is 1. The maximum atomic E-state index is 12.1. The van der Waals surface area contributed by atoms with Crippen LogP contribution in [0.5, 0.6) is 0 Å². The molecule has 1 aliphatic carbocycles. The minimum Gasteiger partial charge on any atom is -0.349 e. The first kappa shape index (κ1) is 15.8. The van der Waals surface area contributed by atoms with E-state index >= 15 is 0 Å². The molecule has 2 bridgehead atoms. The lowest BCUT2D eigenvalue weighted by Crippen LogP contribution is -2.44. The predicted octanol–water partition coefficient (Wildman–Crippen LogP) is 4.94. The van der Waals surface area contributed by atoms with Gasteiger partial charge in [-0.05, 0) is 31.2 Å². The molecule has 2 aromatic heterocycles. The Kier molecular flexibility index (Phi) is 3.42. The molecule has 2 saturated heterocycles. The first-order valence-electron chi connectivity index (χ1n) is 9.92. The van der Waals surface area contributed by atoms with E-state index < -0.39 is 0 Å². The summed E-state index contributed by atoms with van der Waals surface area (Å²) in [7, 11) is 0. The van der Waals surface area contributed by atoms with E-state index in [1.807, 2.05) is 0 Å². The molecule has 3 fully saturated rings. The van der Waals surface area contributed by atoms with Gasteiger partial charge in [-0.1, -0.05) is 30.3 Å². The Balaban J connectivity index is 1.58. The van der Waals surface area contributed by atoms with E-state index in [-0.39, 0.29) is 0 Å². The zero-order valence-corrected chi connectivity index (χ0v) is 15.9. The number of ketones is 1. The molecule has 4 nitrogen and oxygen atoms in total. The van der Waals surface area contributed by atoms with Gasteiger partial charge < -0.3 is 4.90 Å². The Morgan fingerprint density at radius 3 is 2.41 bits per heavy atom. The van der Waals surface area contributed by atoms with Crippen LogP contribution in [0.3, 0.4) is 0 Å². The molecule has 1 aromatic carbocycles. The molecule has 136 valence electrons. The van der Waals surface area contributed by atoms with Crippen LogP contribution in [-0.4, -0.2) is 27.8 Å². The first-order chi connectivity index (χ1) is 13.3. The van der Waals surface area contributed by atoms with Crippen molar-refractivity contribution in [1.82, 2.24) is 9.97 Å². The molecule has 0 N–H and O–H groups in total. The lowest BCUT2D eigenvalue weighted by atomic mass is 10.00. The highest BCUT2D eigenvalue weighted by atomic mass is 32.1. The summed E-state index contributed by atoms with van der Waals surface area (Å²) < 4.78 is 0.